The second-order valence-corrected chi connectivity index (χ2v) is 9.65. The van der Waals surface area contributed by atoms with Crippen LogP contribution in [0.15, 0.2) is 11.6 Å². The van der Waals surface area contributed by atoms with Crippen molar-refractivity contribution in [2.45, 2.75) is 71.3 Å². The third-order valence-electron chi connectivity index (χ3n) is 8.54. The molecule has 0 N–H and O–H groups in total. The Balaban J connectivity index is 1.71. The number of hydrogen-bond donors (Lipinski definition) is 0. The lowest BCUT2D eigenvalue weighted by atomic mass is 9.49. The van der Waals surface area contributed by atoms with Gasteiger partial charge in [-0.1, -0.05) is 18.4 Å². The number of ether oxygens (including phenoxy) is 1. The Kier molecular flexibility index (Phi) is 4.56. The van der Waals surface area contributed by atoms with Crippen LogP contribution in [0.25, 0.3) is 0 Å². The zero-order valence-corrected chi connectivity index (χ0v) is 17.1. The van der Waals surface area contributed by atoms with Crippen LogP contribution in [0, 0.1) is 47.3 Å². The average Bonchev–Trinajstić information content (AvgIpc) is 2.93. The molecule has 28 heavy (non-hydrogen) atoms. The summed E-state index contributed by atoms with van der Waals surface area (Å²) in [6.07, 6.45) is 13.6. The van der Waals surface area contributed by atoms with E-state index in [1.807, 2.05) is 0 Å². The second-order valence-electron chi connectivity index (χ2n) is 9.65. The van der Waals surface area contributed by atoms with E-state index in [1.165, 1.54) is 6.92 Å². The fourth-order valence-corrected chi connectivity index (χ4v) is 7.29. The van der Waals surface area contributed by atoms with Crippen molar-refractivity contribution in [3.8, 4) is 12.3 Å². The maximum Gasteiger partial charge on any atom is 0.304 e. The number of rotatable bonds is 2. The average molecular weight is 383 g/mol. The lowest BCUT2D eigenvalue weighted by molar-refractivity contribution is -0.168. The molecule has 4 unspecified atom stereocenters. The van der Waals surface area contributed by atoms with E-state index in [4.69, 9.17) is 11.2 Å². The minimum absolute atomic E-state index is 0.146. The molecule has 3 fully saturated rings. The van der Waals surface area contributed by atoms with Gasteiger partial charge in [-0.05, 0) is 75.2 Å². The molecule has 150 valence electrons. The smallest absolute Gasteiger partial charge is 0.304 e. The van der Waals surface area contributed by atoms with E-state index < -0.39 is 5.60 Å². The SMILES string of the molecule is C#C[C@]1(OC(C)=O)CCC2C3C[C@@H](C(C)=O)C4=CC(=O)CCC4C3CC[C@@]21C. The summed E-state index contributed by atoms with van der Waals surface area (Å²) in [6, 6.07) is 0. The van der Waals surface area contributed by atoms with Gasteiger partial charge in [-0.15, -0.1) is 6.42 Å². The fraction of sp³-hybridized carbons (Fsp3) is 0.708. The number of esters is 1. The van der Waals surface area contributed by atoms with Gasteiger partial charge in [-0.25, -0.2) is 0 Å². The van der Waals surface area contributed by atoms with E-state index in [0.29, 0.717) is 36.5 Å². The standard InChI is InChI=1S/C24H30O4/c1-5-24(28-15(3)26)11-9-22-21-13-19(14(2)25)20-12-16(27)6-7-17(20)18(21)8-10-23(22,24)4/h1,12,17-19,21-22H,6-11,13H2,2-4H3/t17?,18?,19-,21?,22?,23-,24-/m0/s1. The van der Waals surface area contributed by atoms with Crippen molar-refractivity contribution in [3.63, 3.8) is 0 Å². The van der Waals surface area contributed by atoms with Crippen molar-refractivity contribution < 1.29 is 19.1 Å². The molecular formula is C24H30O4. The molecule has 0 spiro atoms. The molecule has 4 aliphatic carbocycles. The molecule has 0 aliphatic heterocycles. The molecule has 4 aliphatic rings. The van der Waals surface area contributed by atoms with Gasteiger partial charge in [0.05, 0.1) is 0 Å². The van der Waals surface area contributed by atoms with Crippen LogP contribution in [0.3, 0.4) is 0 Å². The second kappa shape index (κ2) is 6.58. The van der Waals surface area contributed by atoms with Crippen LogP contribution in [-0.4, -0.2) is 23.1 Å². The Morgan fingerprint density at radius 3 is 2.57 bits per heavy atom. The van der Waals surface area contributed by atoms with E-state index >= 15 is 0 Å². The van der Waals surface area contributed by atoms with Crippen LogP contribution < -0.4 is 0 Å². The highest BCUT2D eigenvalue weighted by Crippen LogP contribution is 2.66. The van der Waals surface area contributed by atoms with Gasteiger partial charge in [-0.3, -0.25) is 14.4 Å². The largest absolute Gasteiger partial charge is 0.445 e. The molecular weight excluding hydrogens is 352 g/mol. The monoisotopic (exact) mass is 382 g/mol. The van der Waals surface area contributed by atoms with Gasteiger partial charge < -0.3 is 4.74 Å². The summed E-state index contributed by atoms with van der Waals surface area (Å²) in [5, 5.41) is 0. The first kappa shape index (κ1) is 19.4. The Labute approximate surface area is 167 Å². The molecule has 7 atom stereocenters. The number of allylic oxidation sites excluding steroid dienone is 1. The van der Waals surface area contributed by atoms with Crippen molar-refractivity contribution in [1.29, 1.82) is 0 Å². The number of hydrogen-bond acceptors (Lipinski definition) is 4. The zero-order valence-electron chi connectivity index (χ0n) is 17.1. The molecule has 0 bridgehead atoms. The molecule has 0 radical (unpaired) electrons. The van der Waals surface area contributed by atoms with E-state index in [-0.39, 0.29) is 28.9 Å². The first-order chi connectivity index (χ1) is 13.2. The topological polar surface area (TPSA) is 60.4 Å². The zero-order chi connectivity index (χ0) is 20.3. The fourth-order valence-electron chi connectivity index (χ4n) is 7.29. The molecule has 0 heterocycles. The Morgan fingerprint density at radius 1 is 1.18 bits per heavy atom. The number of ketones is 2. The first-order valence-electron chi connectivity index (χ1n) is 10.6. The van der Waals surface area contributed by atoms with Gasteiger partial charge in [0.15, 0.2) is 11.4 Å². The summed E-state index contributed by atoms with van der Waals surface area (Å²) in [6.45, 7) is 5.29. The molecule has 4 rings (SSSR count). The number of carbonyl (C=O) groups excluding carboxylic acids is 3. The van der Waals surface area contributed by atoms with Crippen LogP contribution in [-0.2, 0) is 19.1 Å². The third kappa shape index (κ3) is 2.62. The highest BCUT2D eigenvalue weighted by Gasteiger charge is 2.65. The summed E-state index contributed by atoms with van der Waals surface area (Å²) < 4.78 is 5.80. The van der Waals surface area contributed by atoms with E-state index in [2.05, 4.69) is 12.8 Å². The highest BCUT2D eigenvalue weighted by molar-refractivity contribution is 5.93. The maximum atomic E-state index is 12.5. The van der Waals surface area contributed by atoms with Crippen molar-refractivity contribution >= 4 is 17.5 Å². The van der Waals surface area contributed by atoms with Crippen molar-refractivity contribution in [1.82, 2.24) is 0 Å². The molecule has 0 aromatic carbocycles. The van der Waals surface area contributed by atoms with Gasteiger partial charge in [0.1, 0.15) is 5.78 Å². The van der Waals surface area contributed by atoms with Crippen LogP contribution in [0.5, 0.6) is 0 Å². The highest BCUT2D eigenvalue weighted by atomic mass is 16.6. The molecule has 0 aromatic rings. The number of fused-ring (bicyclic) bond motifs is 5. The number of Topliss-reactive ketones (excluding diaryl/α,β-unsaturated/α-hetero) is 1. The van der Waals surface area contributed by atoms with Crippen LogP contribution >= 0.6 is 0 Å². The predicted octanol–water partition coefficient (Wildman–Crippen LogP) is 3.88. The lowest BCUT2D eigenvalue weighted by Crippen LogP contribution is -2.55. The van der Waals surface area contributed by atoms with Crippen molar-refractivity contribution in [2.75, 3.05) is 0 Å². The summed E-state index contributed by atoms with van der Waals surface area (Å²) in [4.78, 5) is 36.4. The quantitative estimate of drug-likeness (QED) is 0.537. The van der Waals surface area contributed by atoms with Gasteiger partial charge in [0.25, 0.3) is 0 Å². The van der Waals surface area contributed by atoms with Crippen molar-refractivity contribution in [3.05, 3.63) is 11.6 Å². The summed E-state index contributed by atoms with van der Waals surface area (Å²) in [5.74, 6) is 4.33. The number of carbonyl (C=O) groups is 3. The Morgan fingerprint density at radius 2 is 1.93 bits per heavy atom. The van der Waals surface area contributed by atoms with Gasteiger partial charge in [0, 0.05) is 24.7 Å². The van der Waals surface area contributed by atoms with Crippen LogP contribution in [0.1, 0.15) is 65.7 Å². The van der Waals surface area contributed by atoms with Crippen LogP contribution in [0.4, 0.5) is 0 Å². The summed E-state index contributed by atoms with van der Waals surface area (Å²) in [7, 11) is 0. The lowest BCUT2D eigenvalue weighted by Gasteiger charge is -2.56. The van der Waals surface area contributed by atoms with Gasteiger partial charge >= 0.3 is 5.97 Å². The van der Waals surface area contributed by atoms with Crippen LogP contribution in [0.2, 0.25) is 0 Å². The van der Waals surface area contributed by atoms with E-state index in [9.17, 15) is 14.4 Å². The van der Waals surface area contributed by atoms with Gasteiger partial charge in [0.2, 0.25) is 0 Å². The summed E-state index contributed by atoms with van der Waals surface area (Å²) >= 11 is 0. The maximum absolute atomic E-state index is 12.5. The summed E-state index contributed by atoms with van der Waals surface area (Å²) in [5.41, 5.74) is 0.00954. The first-order valence-corrected chi connectivity index (χ1v) is 10.6. The molecule has 0 amide bonds. The van der Waals surface area contributed by atoms with E-state index in [0.717, 1.165) is 37.7 Å². The molecule has 4 heteroatoms. The molecule has 3 saturated carbocycles. The third-order valence-corrected chi connectivity index (χ3v) is 8.54. The molecule has 0 aromatic heterocycles. The van der Waals surface area contributed by atoms with E-state index in [1.54, 1.807) is 13.0 Å². The predicted molar refractivity (Wildman–Crippen MR) is 105 cm³/mol. The Hall–Kier alpha value is -1.89. The normalized spacial score (nSPS) is 44.4. The molecule has 4 nitrogen and oxygen atoms in total. The Bertz CT molecular complexity index is 802. The number of terminal acetylenes is 1. The van der Waals surface area contributed by atoms with Crippen molar-refractivity contribution in [2.24, 2.45) is 35.0 Å². The molecule has 0 saturated heterocycles. The minimum Gasteiger partial charge on any atom is -0.445 e. The minimum atomic E-state index is -0.834. The van der Waals surface area contributed by atoms with Gasteiger partial charge in [-0.2, -0.15) is 0 Å².